The first-order valence-corrected chi connectivity index (χ1v) is 8.57. The molecule has 7 heteroatoms. The van der Waals surface area contributed by atoms with Gasteiger partial charge >= 0.3 is 0 Å². The lowest BCUT2D eigenvalue weighted by Crippen LogP contribution is -2.34. The fourth-order valence-corrected chi connectivity index (χ4v) is 4.11. The molecule has 1 amide bonds. The normalized spacial score (nSPS) is 21.2. The van der Waals surface area contributed by atoms with Crippen LogP contribution in [0, 0.1) is 0 Å². The van der Waals surface area contributed by atoms with Gasteiger partial charge in [0.2, 0.25) is 5.91 Å². The number of sulfone groups is 1. The molecule has 0 unspecified atom stereocenters. The monoisotopic (exact) mass is 333 g/mol. The second-order valence-electron chi connectivity index (χ2n) is 4.61. The van der Waals surface area contributed by atoms with Gasteiger partial charge in [-0.25, -0.2) is 8.42 Å². The van der Waals surface area contributed by atoms with Crippen LogP contribution in [0.2, 0.25) is 10.0 Å². The molecule has 1 aromatic rings. The second kappa shape index (κ2) is 6.16. The Morgan fingerprint density at radius 1 is 1.35 bits per heavy atom. The maximum absolute atomic E-state index is 11.7. The van der Waals surface area contributed by atoms with E-state index in [1.54, 1.807) is 24.3 Å². The average Bonchev–Trinajstić information content (AvgIpc) is 2.67. The van der Waals surface area contributed by atoms with Crippen molar-refractivity contribution in [3.8, 4) is 0 Å². The molecule has 1 aliphatic heterocycles. The van der Waals surface area contributed by atoms with Gasteiger partial charge in [0.15, 0.2) is 9.84 Å². The minimum Gasteiger partial charge on any atom is -0.349 e. The molecule has 0 radical (unpaired) electrons. The lowest BCUT2D eigenvalue weighted by atomic mass is 10.2. The highest BCUT2D eigenvalue weighted by atomic mass is 35.5. The number of rotatable bonds is 3. The van der Waals surface area contributed by atoms with Gasteiger partial charge in [0, 0.05) is 22.2 Å². The number of benzene rings is 1. The molecule has 20 heavy (non-hydrogen) atoms. The predicted octanol–water partition coefficient (Wildman–Crippen LogP) is 2.31. The first-order valence-electron chi connectivity index (χ1n) is 6.00. The molecule has 0 aromatic heterocycles. The van der Waals surface area contributed by atoms with Crippen LogP contribution >= 0.6 is 23.2 Å². The van der Waals surface area contributed by atoms with E-state index in [1.807, 2.05) is 0 Å². The van der Waals surface area contributed by atoms with Crippen molar-refractivity contribution in [2.24, 2.45) is 0 Å². The Hall–Kier alpha value is -1.04. The van der Waals surface area contributed by atoms with Gasteiger partial charge in [-0.3, -0.25) is 4.79 Å². The fourth-order valence-electron chi connectivity index (χ4n) is 1.96. The molecule has 0 bridgehead atoms. The smallest absolute Gasteiger partial charge is 0.244 e. The molecule has 1 N–H and O–H groups in total. The van der Waals surface area contributed by atoms with E-state index in [2.05, 4.69) is 5.32 Å². The molecule has 1 fully saturated rings. The molecule has 0 spiro atoms. The van der Waals surface area contributed by atoms with Gasteiger partial charge < -0.3 is 5.32 Å². The summed E-state index contributed by atoms with van der Waals surface area (Å²) in [6, 6.07) is 4.66. The first kappa shape index (κ1) is 15.4. The molecule has 4 nitrogen and oxygen atoms in total. The third-order valence-corrected chi connectivity index (χ3v) is 5.29. The van der Waals surface area contributed by atoms with E-state index < -0.39 is 9.84 Å². The Bertz CT molecular complexity index is 656. The van der Waals surface area contributed by atoms with Crippen LogP contribution in [0.4, 0.5) is 0 Å². The summed E-state index contributed by atoms with van der Waals surface area (Å²) in [5.74, 6) is -0.197. The van der Waals surface area contributed by atoms with Crippen LogP contribution in [0.15, 0.2) is 24.3 Å². The van der Waals surface area contributed by atoms with E-state index in [0.29, 0.717) is 22.0 Å². The fraction of sp³-hybridized carbons (Fsp3) is 0.308. The Morgan fingerprint density at radius 3 is 2.70 bits per heavy atom. The van der Waals surface area contributed by atoms with Crippen LogP contribution in [0.5, 0.6) is 0 Å². The van der Waals surface area contributed by atoms with Crippen molar-refractivity contribution in [3.63, 3.8) is 0 Å². The van der Waals surface area contributed by atoms with E-state index in [4.69, 9.17) is 23.2 Å². The minimum atomic E-state index is -2.99. The summed E-state index contributed by atoms with van der Waals surface area (Å²) in [6.07, 6.45) is 3.36. The van der Waals surface area contributed by atoms with Crippen LogP contribution in [0.3, 0.4) is 0 Å². The van der Waals surface area contributed by atoms with Crippen molar-refractivity contribution >= 4 is 45.0 Å². The van der Waals surface area contributed by atoms with Gasteiger partial charge in [-0.2, -0.15) is 0 Å². The highest BCUT2D eigenvalue weighted by molar-refractivity contribution is 7.91. The van der Waals surface area contributed by atoms with Crippen molar-refractivity contribution in [1.29, 1.82) is 0 Å². The number of nitrogens with one attached hydrogen (secondary N) is 1. The topological polar surface area (TPSA) is 63.2 Å². The van der Waals surface area contributed by atoms with E-state index >= 15 is 0 Å². The van der Waals surface area contributed by atoms with E-state index in [0.717, 1.165) is 0 Å². The zero-order chi connectivity index (χ0) is 14.8. The summed E-state index contributed by atoms with van der Waals surface area (Å²) in [5.41, 5.74) is 0.672. The van der Waals surface area contributed by atoms with Crippen LogP contribution in [0.25, 0.3) is 6.08 Å². The largest absolute Gasteiger partial charge is 0.349 e. The maximum Gasteiger partial charge on any atom is 0.244 e. The van der Waals surface area contributed by atoms with Crippen molar-refractivity contribution in [2.45, 2.75) is 12.5 Å². The molecule has 1 heterocycles. The molecular formula is C13H13Cl2NO3S. The number of hydrogen-bond donors (Lipinski definition) is 1. The number of halogens is 2. The van der Waals surface area contributed by atoms with Crippen LogP contribution < -0.4 is 5.32 Å². The zero-order valence-electron chi connectivity index (χ0n) is 10.5. The number of carbonyl (C=O) groups is 1. The predicted molar refractivity (Wildman–Crippen MR) is 80.7 cm³/mol. The number of carbonyl (C=O) groups excluding carboxylic acids is 1. The number of amides is 1. The highest BCUT2D eigenvalue weighted by Crippen LogP contribution is 2.22. The summed E-state index contributed by atoms with van der Waals surface area (Å²) in [4.78, 5) is 11.7. The van der Waals surface area contributed by atoms with Gasteiger partial charge in [-0.1, -0.05) is 29.3 Å². The Kier molecular flexibility index (Phi) is 4.73. The molecule has 1 atom stereocenters. The molecule has 1 saturated heterocycles. The third kappa shape index (κ3) is 4.23. The molecular weight excluding hydrogens is 321 g/mol. The van der Waals surface area contributed by atoms with Crippen LogP contribution in [-0.4, -0.2) is 31.9 Å². The summed E-state index contributed by atoms with van der Waals surface area (Å²) >= 11 is 11.7. The molecule has 0 saturated carbocycles. The number of hydrogen-bond acceptors (Lipinski definition) is 3. The Balaban J connectivity index is 1.96. The highest BCUT2D eigenvalue weighted by Gasteiger charge is 2.28. The average molecular weight is 334 g/mol. The standard InChI is InChI=1S/C13H13Cl2NO3S/c14-10-3-1-9(12(15)7-10)2-4-13(17)16-11-5-6-20(18,19)8-11/h1-4,7,11H,5-6,8H2,(H,16,17)/b4-2+/t11-/m1/s1. The van der Waals surface area contributed by atoms with E-state index in [9.17, 15) is 13.2 Å². The summed E-state index contributed by atoms with van der Waals surface area (Å²) in [6.45, 7) is 0. The van der Waals surface area contributed by atoms with Crippen LogP contribution in [-0.2, 0) is 14.6 Å². The van der Waals surface area contributed by atoms with Crippen LogP contribution in [0.1, 0.15) is 12.0 Å². The van der Waals surface area contributed by atoms with Gasteiger partial charge in [0.05, 0.1) is 11.5 Å². The first-order chi connectivity index (χ1) is 9.35. The molecule has 2 rings (SSSR count). The summed E-state index contributed by atoms with van der Waals surface area (Å²) in [5, 5.41) is 3.63. The van der Waals surface area contributed by atoms with Crippen molar-refractivity contribution < 1.29 is 13.2 Å². The molecule has 1 aliphatic rings. The lowest BCUT2D eigenvalue weighted by molar-refractivity contribution is -0.116. The molecule has 1 aromatic carbocycles. The quantitative estimate of drug-likeness (QED) is 0.863. The molecule has 108 valence electrons. The zero-order valence-corrected chi connectivity index (χ0v) is 12.8. The van der Waals surface area contributed by atoms with Crippen molar-refractivity contribution in [3.05, 3.63) is 39.9 Å². The minimum absolute atomic E-state index is 0.00822. The molecule has 0 aliphatic carbocycles. The second-order valence-corrected chi connectivity index (χ2v) is 7.68. The van der Waals surface area contributed by atoms with E-state index in [1.165, 1.54) is 6.08 Å². The van der Waals surface area contributed by atoms with Crippen molar-refractivity contribution in [1.82, 2.24) is 5.32 Å². The maximum atomic E-state index is 11.7. The summed E-state index contributed by atoms with van der Waals surface area (Å²) in [7, 11) is -2.99. The Labute approximate surface area is 127 Å². The van der Waals surface area contributed by atoms with Gasteiger partial charge in [0.1, 0.15) is 0 Å². The SMILES string of the molecule is O=C(/C=C/c1ccc(Cl)cc1Cl)N[C@@H]1CCS(=O)(=O)C1. The lowest BCUT2D eigenvalue weighted by Gasteiger charge is -2.08. The van der Waals surface area contributed by atoms with Gasteiger partial charge in [-0.05, 0) is 30.2 Å². The van der Waals surface area contributed by atoms with E-state index in [-0.39, 0.29) is 23.5 Å². The van der Waals surface area contributed by atoms with Crippen molar-refractivity contribution in [2.75, 3.05) is 11.5 Å². The Morgan fingerprint density at radius 2 is 2.10 bits per heavy atom. The summed E-state index contributed by atoms with van der Waals surface area (Å²) < 4.78 is 22.6. The third-order valence-electron chi connectivity index (χ3n) is 2.96. The van der Waals surface area contributed by atoms with Gasteiger partial charge in [0.25, 0.3) is 0 Å². The van der Waals surface area contributed by atoms with Gasteiger partial charge in [-0.15, -0.1) is 0 Å².